The lowest BCUT2D eigenvalue weighted by molar-refractivity contribution is 0.0696. The fraction of sp³-hybridized carbons (Fsp3) is 0.406. The number of benzene rings is 2. The summed E-state index contributed by atoms with van der Waals surface area (Å²) >= 11 is 0. The van der Waals surface area contributed by atoms with E-state index in [1.807, 2.05) is 30.3 Å². The van der Waals surface area contributed by atoms with Crippen LogP contribution in [0.5, 0.6) is 0 Å². The first-order valence-electron chi connectivity index (χ1n) is 14.5. The van der Waals surface area contributed by atoms with Crippen molar-refractivity contribution in [3.05, 3.63) is 77.7 Å². The number of carboxylic acids is 1. The predicted molar refractivity (Wildman–Crippen MR) is 153 cm³/mol. The Morgan fingerprint density at radius 1 is 0.900 bits per heavy atom. The molecule has 0 radical (unpaired) electrons. The number of fused-ring (bicyclic) bond motifs is 1. The summed E-state index contributed by atoms with van der Waals surface area (Å²) in [5.41, 5.74) is 4.90. The van der Waals surface area contributed by atoms with Gasteiger partial charge in [-0.05, 0) is 80.5 Å². The van der Waals surface area contributed by atoms with Gasteiger partial charge >= 0.3 is 5.97 Å². The van der Waals surface area contributed by atoms with E-state index in [4.69, 9.17) is 14.5 Å². The molecule has 0 spiro atoms. The van der Waals surface area contributed by atoms with Gasteiger partial charge in [-0.15, -0.1) is 0 Å². The SMILES string of the molecule is O=C(O)c1ccc(CNC2CCC(NC(=O)c3ccc4c(c3)nc(-c3ccoc3)n4C3CCCCC3)CC2)cc1. The Bertz CT molecular complexity index is 1460. The third kappa shape index (κ3) is 5.68. The Balaban J connectivity index is 1.08. The second kappa shape index (κ2) is 11.7. The van der Waals surface area contributed by atoms with Crippen molar-refractivity contribution in [2.45, 2.75) is 82.5 Å². The van der Waals surface area contributed by atoms with E-state index >= 15 is 0 Å². The molecule has 2 saturated carbocycles. The monoisotopic (exact) mass is 540 g/mol. The molecule has 2 aromatic heterocycles. The number of aromatic carboxylic acids is 1. The third-order valence-corrected chi connectivity index (χ3v) is 8.53. The van der Waals surface area contributed by atoms with Crippen molar-refractivity contribution in [3.63, 3.8) is 0 Å². The molecule has 4 aromatic rings. The van der Waals surface area contributed by atoms with Gasteiger partial charge < -0.3 is 24.7 Å². The zero-order chi connectivity index (χ0) is 27.5. The van der Waals surface area contributed by atoms with E-state index in [2.05, 4.69) is 21.3 Å². The highest BCUT2D eigenvalue weighted by Crippen LogP contribution is 2.36. The number of nitrogens with zero attached hydrogens (tertiary/aromatic N) is 2. The summed E-state index contributed by atoms with van der Waals surface area (Å²) in [4.78, 5) is 29.2. The molecular weight excluding hydrogens is 504 g/mol. The summed E-state index contributed by atoms with van der Waals surface area (Å²) in [6, 6.07) is 15.8. The average molecular weight is 541 g/mol. The van der Waals surface area contributed by atoms with Crippen molar-refractivity contribution >= 4 is 22.9 Å². The number of carbonyl (C=O) groups is 2. The zero-order valence-corrected chi connectivity index (χ0v) is 22.6. The number of aromatic nitrogens is 2. The zero-order valence-electron chi connectivity index (χ0n) is 22.6. The molecule has 6 rings (SSSR count). The maximum absolute atomic E-state index is 13.2. The van der Waals surface area contributed by atoms with Crippen LogP contribution in [0.25, 0.3) is 22.4 Å². The number of hydrogen-bond donors (Lipinski definition) is 3. The van der Waals surface area contributed by atoms with E-state index in [9.17, 15) is 9.59 Å². The minimum atomic E-state index is -0.909. The summed E-state index contributed by atoms with van der Waals surface area (Å²) in [5, 5.41) is 15.9. The average Bonchev–Trinajstić information content (AvgIpc) is 3.65. The minimum Gasteiger partial charge on any atom is -0.478 e. The Kier molecular flexibility index (Phi) is 7.68. The van der Waals surface area contributed by atoms with Crippen LogP contribution < -0.4 is 10.6 Å². The van der Waals surface area contributed by atoms with E-state index < -0.39 is 5.97 Å². The fourth-order valence-electron chi connectivity index (χ4n) is 6.28. The number of hydrogen-bond acceptors (Lipinski definition) is 5. The van der Waals surface area contributed by atoms with Crippen LogP contribution in [-0.4, -0.2) is 38.6 Å². The van der Waals surface area contributed by atoms with Gasteiger partial charge in [0, 0.05) is 30.2 Å². The molecular formula is C32H36N4O4. The predicted octanol–water partition coefficient (Wildman–Crippen LogP) is 6.33. The molecule has 2 fully saturated rings. The molecule has 8 heteroatoms. The van der Waals surface area contributed by atoms with Crippen molar-refractivity contribution in [2.24, 2.45) is 0 Å². The largest absolute Gasteiger partial charge is 0.478 e. The van der Waals surface area contributed by atoms with Crippen LogP contribution in [0.1, 0.15) is 90.1 Å². The van der Waals surface area contributed by atoms with Gasteiger partial charge in [-0.1, -0.05) is 31.4 Å². The van der Waals surface area contributed by atoms with Crippen LogP contribution in [-0.2, 0) is 6.54 Å². The Morgan fingerprint density at radius 3 is 2.33 bits per heavy atom. The summed E-state index contributed by atoms with van der Waals surface area (Å²) in [6.45, 7) is 0.704. The summed E-state index contributed by atoms with van der Waals surface area (Å²) in [6.07, 6.45) is 13.3. The van der Waals surface area contributed by atoms with Gasteiger partial charge in [-0.3, -0.25) is 4.79 Å². The number of carbonyl (C=O) groups excluding carboxylic acids is 1. The van der Waals surface area contributed by atoms with E-state index in [-0.39, 0.29) is 11.9 Å². The fourth-order valence-corrected chi connectivity index (χ4v) is 6.28. The van der Waals surface area contributed by atoms with Crippen LogP contribution in [0.15, 0.2) is 65.5 Å². The van der Waals surface area contributed by atoms with Gasteiger partial charge in [0.15, 0.2) is 0 Å². The van der Waals surface area contributed by atoms with Crippen molar-refractivity contribution in [3.8, 4) is 11.4 Å². The molecule has 1 amide bonds. The van der Waals surface area contributed by atoms with Gasteiger partial charge in [-0.2, -0.15) is 0 Å². The lowest BCUT2D eigenvalue weighted by Gasteiger charge is -2.30. The maximum Gasteiger partial charge on any atom is 0.335 e. The van der Waals surface area contributed by atoms with Crippen LogP contribution in [0.4, 0.5) is 0 Å². The van der Waals surface area contributed by atoms with Crippen molar-refractivity contribution in [2.75, 3.05) is 0 Å². The molecule has 208 valence electrons. The van der Waals surface area contributed by atoms with Gasteiger partial charge in [0.1, 0.15) is 12.1 Å². The maximum atomic E-state index is 13.2. The Morgan fingerprint density at radius 2 is 1.62 bits per heavy atom. The minimum absolute atomic E-state index is 0.0473. The highest BCUT2D eigenvalue weighted by atomic mass is 16.4. The number of rotatable bonds is 8. The molecule has 0 atom stereocenters. The smallest absolute Gasteiger partial charge is 0.335 e. The van der Waals surface area contributed by atoms with E-state index in [1.165, 1.54) is 19.3 Å². The van der Waals surface area contributed by atoms with Gasteiger partial charge in [0.25, 0.3) is 5.91 Å². The van der Waals surface area contributed by atoms with E-state index in [0.29, 0.717) is 29.8 Å². The van der Waals surface area contributed by atoms with Crippen LogP contribution in [0.3, 0.4) is 0 Å². The molecule has 0 bridgehead atoms. The first-order valence-corrected chi connectivity index (χ1v) is 14.5. The number of amides is 1. The number of carboxylic acid groups (broad SMARTS) is 1. The lowest BCUT2D eigenvalue weighted by atomic mass is 9.90. The molecule has 0 aliphatic heterocycles. The number of nitrogens with one attached hydrogen (secondary N) is 2. The molecule has 0 unspecified atom stereocenters. The molecule has 0 saturated heterocycles. The quantitative estimate of drug-likeness (QED) is 0.241. The molecule has 2 aromatic carbocycles. The number of furan rings is 1. The van der Waals surface area contributed by atoms with Crippen molar-refractivity contribution in [1.82, 2.24) is 20.2 Å². The first-order chi connectivity index (χ1) is 19.5. The normalized spacial score (nSPS) is 20.0. The lowest BCUT2D eigenvalue weighted by Crippen LogP contribution is -2.42. The molecule has 2 aliphatic carbocycles. The molecule has 40 heavy (non-hydrogen) atoms. The van der Waals surface area contributed by atoms with Crippen LogP contribution in [0, 0.1) is 0 Å². The van der Waals surface area contributed by atoms with Crippen LogP contribution in [0.2, 0.25) is 0 Å². The second-order valence-corrected chi connectivity index (χ2v) is 11.2. The second-order valence-electron chi connectivity index (χ2n) is 11.2. The van der Waals surface area contributed by atoms with E-state index in [1.54, 1.807) is 24.7 Å². The van der Waals surface area contributed by atoms with Gasteiger partial charge in [0.05, 0.1) is 28.4 Å². The summed E-state index contributed by atoms with van der Waals surface area (Å²) in [7, 11) is 0. The van der Waals surface area contributed by atoms with Gasteiger partial charge in [0.2, 0.25) is 0 Å². The van der Waals surface area contributed by atoms with Crippen molar-refractivity contribution in [1.29, 1.82) is 0 Å². The summed E-state index contributed by atoms with van der Waals surface area (Å²) in [5.74, 6) is -0.0429. The first kappa shape index (κ1) is 26.3. The van der Waals surface area contributed by atoms with Crippen molar-refractivity contribution < 1.29 is 19.1 Å². The number of imidazole rings is 1. The summed E-state index contributed by atoms with van der Waals surface area (Å²) < 4.78 is 7.73. The standard InChI is InChI=1S/C32H36N4O4/c37-31(34-26-13-11-25(12-14-26)33-19-21-6-8-22(9-7-21)32(38)39)23-10-15-29-28(18-23)35-30(24-16-17-40-20-24)36(29)27-4-2-1-3-5-27/h6-10,15-18,20,25-27,33H,1-5,11-14,19H2,(H,34,37)(H,38,39). The molecule has 2 heterocycles. The molecule has 8 nitrogen and oxygen atoms in total. The van der Waals surface area contributed by atoms with Gasteiger partial charge in [-0.25, -0.2) is 9.78 Å². The van der Waals surface area contributed by atoms with Crippen LogP contribution >= 0.6 is 0 Å². The molecule has 2 aliphatic rings. The third-order valence-electron chi connectivity index (χ3n) is 8.53. The Hall–Kier alpha value is -3.91. The highest BCUT2D eigenvalue weighted by molar-refractivity contribution is 5.98. The topological polar surface area (TPSA) is 109 Å². The van der Waals surface area contributed by atoms with E-state index in [0.717, 1.165) is 66.5 Å². The highest BCUT2D eigenvalue weighted by Gasteiger charge is 2.25. The Labute approximate surface area is 233 Å². The molecule has 3 N–H and O–H groups in total.